The Bertz CT molecular complexity index is 894. The van der Waals surface area contributed by atoms with Crippen molar-refractivity contribution >= 4 is 34.1 Å². The van der Waals surface area contributed by atoms with Gasteiger partial charge in [0.1, 0.15) is 5.52 Å². The fraction of sp³-hybridized carbons (Fsp3) is 0.118. The third kappa shape index (κ3) is 2.36. The molecule has 0 aliphatic carbocycles. The second kappa shape index (κ2) is 4.98. The number of nitrogens with zero attached hydrogens (tertiary/aromatic N) is 2. The number of benzene rings is 2. The summed E-state index contributed by atoms with van der Waals surface area (Å²) in [6.45, 7) is 4.02. The van der Waals surface area contributed by atoms with Crippen LogP contribution in [-0.4, -0.2) is 21.0 Å². The Morgan fingerprint density at radius 1 is 1.00 bits per heavy atom. The first-order valence-corrected chi connectivity index (χ1v) is 6.64. The summed E-state index contributed by atoms with van der Waals surface area (Å²) in [7, 11) is 0. The maximum Gasteiger partial charge on any atom is 0.337 e. The fourth-order valence-electron chi connectivity index (χ4n) is 2.34. The monoisotopic (exact) mass is 278 g/mol. The molecule has 0 spiro atoms. The second-order valence-electron chi connectivity index (χ2n) is 5.14. The third-order valence-corrected chi connectivity index (χ3v) is 3.20. The molecule has 0 saturated carbocycles. The van der Waals surface area contributed by atoms with E-state index in [1.54, 1.807) is 18.2 Å². The van der Waals surface area contributed by atoms with E-state index in [1.807, 2.05) is 38.1 Å². The summed E-state index contributed by atoms with van der Waals surface area (Å²) >= 11 is 0. The lowest BCUT2D eigenvalue weighted by atomic mass is 10.1. The molecule has 1 aromatic heterocycles. The summed E-state index contributed by atoms with van der Waals surface area (Å²) in [4.78, 5) is 20.4. The zero-order chi connectivity index (χ0) is 15.0. The van der Waals surface area contributed by atoms with Crippen LogP contribution >= 0.6 is 0 Å². The van der Waals surface area contributed by atoms with Crippen LogP contribution < -0.4 is 0 Å². The average molecular weight is 278 g/mol. The molecule has 0 radical (unpaired) electrons. The number of fused-ring (bicyclic) bond motifs is 2. The molecule has 0 unspecified atom stereocenters. The first-order chi connectivity index (χ1) is 10.1. The summed E-state index contributed by atoms with van der Waals surface area (Å²) in [5, 5.41) is 9.29. The second-order valence-corrected chi connectivity index (χ2v) is 5.14. The van der Waals surface area contributed by atoms with Crippen molar-refractivity contribution in [1.82, 2.24) is 9.97 Å². The maximum atomic E-state index is 11.3. The van der Waals surface area contributed by atoms with Gasteiger partial charge in [-0.3, -0.25) is 0 Å². The number of carboxylic acids is 1. The molecular formula is C17H14N2O2. The van der Waals surface area contributed by atoms with E-state index in [1.165, 1.54) is 0 Å². The minimum absolute atomic E-state index is 0.175. The average Bonchev–Trinajstić information content (AvgIpc) is 2.44. The number of carboxylic acid groups (broad SMARTS) is 1. The number of hydrogen-bond donors (Lipinski definition) is 1. The van der Waals surface area contributed by atoms with Gasteiger partial charge in [-0.05, 0) is 32.0 Å². The SMILES string of the molecule is CC(C)=Cc1cccc2nc3cccc(C(=O)O)c3nc12. The van der Waals surface area contributed by atoms with Crippen molar-refractivity contribution in [3.8, 4) is 0 Å². The van der Waals surface area contributed by atoms with Crippen LogP contribution in [0.1, 0.15) is 29.8 Å². The molecule has 3 rings (SSSR count). The molecule has 0 aliphatic rings. The van der Waals surface area contributed by atoms with Crippen molar-refractivity contribution < 1.29 is 9.90 Å². The predicted octanol–water partition coefficient (Wildman–Crippen LogP) is 3.90. The highest BCUT2D eigenvalue weighted by Crippen LogP contribution is 2.23. The lowest BCUT2D eigenvalue weighted by Crippen LogP contribution is -2.00. The largest absolute Gasteiger partial charge is 0.478 e. The van der Waals surface area contributed by atoms with Gasteiger partial charge in [0.25, 0.3) is 0 Å². The van der Waals surface area contributed by atoms with Gasteiger partial charge in [0, 0.05) is 5.56 Å². The molecule has 4 nitrogen and oxygen atoms in total. The summed E-state index contributed by atoms with van der Waals surface area (Å²) in [5.74, 6) is -0.992. The number of allylic oxidation sites excluding steroid dienone is 1. The molecule has 0 bridgehead atoms. The maximum absolute atomic E-state index is 11.3. The minimum Gasteiger partial charge on any atom is -0.478 e. The van der Waals surface area contributed by atoms with Crippen LogP contribution in [0.5, 0.6) is 0 Å². The predicted molar refractivity (Wildman–Crippen MR) is 83.3 cm³/mol. The highest BCUT2D eigenvalue weighted by Gasteiger charge is 2.12. The van der Waals surface area contributed by atoms with Gasteiger partial charge in [-0.1, -0.05) is 29.8 Å². The minimum atomic E-state index is -0.992. The molecule has 1 N–H and O–H groups in total. The number of aromatic carboxylic acids is 1. The van der Waals surface area contributed by atoms with E-state index >= 15 is 0 Å². The lowest BCUT2D eigenvalue weighted by molar-refractivity contribution is 0.0699. The Labute approximate surface area is 121 Å². The summed E-state index contributed by atoms with van der Waals surface area (Å²) in [5.41, 5.74) is 4.77. The standard InChI is InChI=1S/C17H14N2O2/c1-10(2)9-11-5-3-7-13-15(11)19-16-12(17(20)21)6-4-8-14(16)18-13/h3-9H,1-2H3,(H,20,21). The molecule has 0 saturated heterocycles. The molecule has 4 heteroatoms. The van der Waals surface area contributed by atoms with Crippen LogP contribution in [-0.2, 0) is 0 Å². The topological polar surface area (TPSA) is 63.1 Å². The highest BCUT2D eigenvalue weighted by molar-refractivity contribution is 6.03. The first-order valence-electron chi connectivity index (χ1n) is 6.64. The third-order valence-electron chi connectivity index (χ3n) is 3.20. The van der Waals surface area contributed by atoms with Gasteiger partial charge in [-0.15, -0.1) is 0 Å². The summed E-state index contributed by atoms with van der Waals surface area (Å²) < 4.78 is 0. The van der Waals surface area contributed by atoms with E-state index in [9.17, 15) is 9.90 Å². The zero-order valence-corrected chi connectivity index (χ0v) is 11.8. The molecule has 21 heavy (non-hydrogen) atoms. The number of para-hydroxylation sites is 2. The van der Waals surface area contributed by atoms with E-state index in [4.69, 9.17) is 0 Å². The Kier molecular flexibility index (Phi) is 3.14. The van der Waals surface area contributed by atoms with Crippen LogP contribution in [0.4, 0.5) is 0 Å². The summed E-state index contributed by atoms with van der Waals surface area (Å²) in [6, 6.07) is 10.8. The van der Waals surface area contributed by atoms with E-state index in [0.29, 0.717) is 11.0 Å². The number of aromatic nitrogens is 2. The smallest absolute Gasteiger partial charge is 0.337 e. The Morgan fingerprint density at radius 3 is 2.33 bits per heavy atom. The quantitative estimate of drug-likeness (QED) is 0.722. The molecule has 3 aromatic rings. The Balaban J connectivity index is 2.43. The van der Waals surface area contributed by atoms with Crippen LogP contribution in [0.25, 0.3) is 28.1 Å². The fourth-order valence-corrected chi connectivity index (χ4v) is 2.34. The van der Waals surface area contributed by atoms with Crippen LogP contribution in [0.2, 0.25) is 0 Å². The van der Waals surface area contributed by atoms with Gasteiger partial charge in [0.15, 0.2) is 0 Å². The number of carbonyl (C=O) groups is 1. The van der Waals surface area contributed by atoms with Gasteiger partial charge in [-0.25, -0.2) is 14.8 Å². The molecule has 0 atom stereocenters. The Hall–Kier alpha value is -2.75. The van der Waals surface area contributed by atoms with E-state index < -0.39 is 5.97 Å². The van der Waals surface area contributed by atoms with Crippen molar-refractivity contribution in [2.75, 3.05) is 0 Å². The number of rotatable bonds is 2. The van der Waals surface area contributed by atoms with Crippen LogP contribution in [0.3, 0.4) is 0 Å². The van der Waals surface area contributed by atoms with E-state index in [2.05, 4.69) is 9.97 Å². The van der Waals surface area contributed by atoms with Crippen molar-refractivity contribution in [3.05, 3.63) is 53.1 Å². The summed E-state index contributed by atoms with van der Waals surface area (Å²) in [6.07, 6.45) is 2.02. The van der Waals surface area contributed by atoms with Gasteiger partial charge in [0.05, 0.1) is 22.1 Å². The zero-order valence-electron chi connectivity index (χ0n) is 11.8. The molecule has 0 amide bonds. The Morgan fingerprint density at radius 2 is 1.67 bits per heavy atom. The van der Waals surface area contributed by atoms with Gasteiger partial charge in [0.2, 0.25) is 0 Å². The van der Waals surface area contributed by atoms with Gasteiger partial charge in [-0.2, -0.15) is 0 Å². The van der Waals surface area contributed by atoms with E-state index in [-0.39, 0.29) is 5.56 Å². The molecule has 2 aromatic carbocycles. The normalized spacial score (nSPS) is 10.8. The molecule has 0 fully saturated rings. The van der Waals surface area contributed by atoms with Crippen molar-refractivity contribution in [2.45, 2.75) is 13.8 Å². The van der Waals surface area contributed by atoms with E-state index in [0.717, 1.165) is 22.2 Å². The van der Waals surface area contributed by atoms with Crippen LogP contribution in [0, 0.1) is 0 Å². The van der Waals surface area contributed by atoms with Crippen molar-refractivity contribution in [3.63, 3.8) is 0 Å². The molecule has 1 heterocycles. The van der Waals surface area contributed by atoms with Gasteiger partial charge >= 0.3 is 5.97 Å². The van der Waals surface area contributed by atoms with Gasteiger partial charge < -0.3 is 5.11 Å². The molecular weight excluding hydrogens is 264 g/mol. The molecule has 104 valence electrons. The number of hydrogen-bond acceptors (Lipinski definition) is 3. The molecule has 0 aliphatic heterocycles. The lowest BCUT2D eigenvalue weighted by Gasteiger charge is -2.06. The first kappa shape index (κ1) is 13.2. The van der Waals surface area contributed by atoms with Crippen molar-refractivity contribution in [1.29, 1.82) is 0 Å². The van der Waals surface area contributed by atoms with Crippen molar-refractivity contribution in [2.24, 2.45) is 0 Å². The van der Waals surface area contributed by atoms with Crippen LogP contribution in [0.15, 0.2) is 42.0 Å². The highest BCUT2D eigenvalue weighted by atomic mass is 16.4.